The van der Waals surface area contributed by atoms with Gasteiger partial charge in [0.25, 0.3) is 0 Å². The van der Waals surface area contributed by atoms with Gasteiger partial charge in [0.15, 0.2) is 5.96 Å². The number of likely N-dealkylation sites (tertiary alicyclic amines) is 1. The number of guanidine groups is 1. The van der Waals surface area contributed by atoms with Crippen LogP contribution in [-0.4, -0.2) is 50.1 Å². The van der Waals surface area contributed by atoms with E-state index in [9.17, 15) is 0 Å². The van der Waals surface area contributed by atoms with Gasteiger partial charge in [-0.1, -0.05) is 48.5 Å². The molecule has 154 valence electrons. The Morgan fingerprint density at radius 1 is 1.07 bits per heavy atom. The number of fused-ring (bicyclic) bond motifs is 1. The summed E-state index contributed by atoms with van der Waals surface area (Å²) in [5, 5.41) is 3.46. The highest BCUT2D eigenvalue weighted by Gasteiger charge is 2.22. The van der Waals surface area contributed by atoms with Crippen LogP contribution in [0.3, 0.4) is 0 Å². The zero-order valence-electron chi connectivity index (χ0n) is 17.4. The standard InChI is InChI=1S/C24H33N5/c1-28-17-20(15-21-9-5-6-10-23(21)28)16-26-24(25)27-22-11-13-29(14-12-22)18-19-7-3-2-4-8-19/h2-10,20,22H,11-18H2,1H3,(H3,25,26,27). The van der Waals surface area contributed by atoms with Gasteiger partial charge in [-0.3, -0.25) is 9.89 Å². The van der Waals surface area contributed by atoms with Gasteiger partial charge in [0, 0.05) is 57.4 Å². The fraction of sp³-hybridized carbons (Fsp3) is 0.458. The average Bonchev–Trinajstić information content (AvgIpc) is 2.74. The monoisotopic (exact) mass is 391 g/mol. The molecular weight excluding hydrogens is 358 g/mol. The van der Waals surface area contributed by atoms with Crippen LogP contribution in [0.1, 0.15) is 24.0 Å². The van der Waals surface area contributed by atoms with Gasteiger partial charge in [-0.05, 0) is 36.5 Å². The lowest BCUT2D eigenvalue weighted by Gasteiger charge is -2.33. The number of nitrogens with one attached hydrogen (secondary N) is 1. The van der Waals surface area contributed by atoms with Crippen LogP contribution in [0.15, 0.2) is 59.6 Å². The van der Waals surface area contributed by atoms with Crippen LogP contribution < -0.4 is 16.0 Å². The summed E-state index contributed by atoms with van der Waals surface area (Å²) in [6.07, 6.45) is 3.31. The third-order valence-electron chi connectivity index (χ3n) is 6.15. The fourth-order valence-electron chi connectivity index (χ4n) is 4.60. The number of nitrogens with zero attached hydrogens (tertiary/aromatic N) is 3. The van der Waals surface area contributed by atoms with Crippen LogP contribution >= 0.6 is 0 Å². The summed E-state index contributed by atoms with van der Waals surface area (Å²) in [5.41, 5.74) is 10.4. The van der Waals surface area contributed by atoms with Gasteiger partial charge in [0.05, 0.1) is 0 Å². The third kappa shape index (κ3) is 5.30. The predicted molar refractivity (Wildman–Crippen MR) is 121 cm³/mol. The number of nitrogens with two attached hydrogens (primary N) is 1. The number of rotatable bonds is 5. The lowest BCUT2D eigenvalue weighted by Crippen LogP contribution is -2.47. The van der Waals surface area contributed by atoms with Gasteiger partial charge in [-0.15, -0.1) is 0 Å². The molecule has 4 rings (SSSR count). The number of anilines is 1. The molecule has 2 aromatic rings. The van der Waals surface area contributed by atoms with E-state index in [-0.39, 0.29) is 0 Å². The highest BCUT2D eigenvalue weighted by Crippen LogP contribution is 2.28. The molecule has 1 saturated heterocycles. The molecule has 0 aliphatic carbocycles. The van der Waals surface area contributed by atoms with E-state index in [0.717, 1.165) is 52.0 Å². The minimum atomic E-state index is 0.431. The Hall–Kier alpha value is -2.53. The van der Waals surface area contributed by atoms with Crippen molar-refractivity contribution >= 4 is 11.6 Å². The Morgan fingerprint density at radius 2 is 1.79 bits per heavy atom. The molecule has 0 amide bonds. The summed E-state index contributed by atoms with van der Waals surface area (Å²) in [4.78, 5) is 9.54. The molecule has 29 heavy (non-hydrogen) atoms. The van der Waals surface area contributed by atoms with Crippen LogP contribution in [0.4, 0.5) is 5.69 Å². The second-order valence-electron chi connectivity index (χ2n) is 8.49. The van der Waals surface area contributed by atoms with Gasteiger partial charge in [0.2, 0.25) is 0 Å². The molecular formula is C24H33N5. The van der Waals surface area contributed by atoms with E-state index in [1.807, 2.05) is 0 Å². The first-order chi connectivity index (χ1) is 14.2. The van der Waals surface area contributed by atoms with Gasteiger partial charge in [-0.25, -0.2) is 0 Å². The molecule has 1 fully saturated rings. The van der Waals surface area contributed by atoms with Crippen molar-refractivity contribution < 1.29 is 0 Å². The Morgan fingerprint density at radius 3 is 2.59 bits per heavy atom. The van der Waals surface area contributed by atoms with Crippen LogP contribution in [0, 0.1) is 5.92 Å². The van der Waals surface area contributed by atoms with Crippen molar-refractivity contribution in [2.45, 2.75) is 31.8 Å². The average molecular weight is 392 g/mol. The first-order valence-electron chi connectivity index (χ1n) is 10.8. The summed E-state index contributed by atoms with van der Waals surface area (Å²) in [6.45, 7) is 5.05. The maximum Gasteiger partial charge on any atom is 0.188 e. The minimum absolute atomic E-state index is 0.431. The third-order valence-corrected chi connectivity index (χ3v) is 6.15. The molecule has 5 heteroatoms. The zero-order chi connectivity index (χ0) is 20.1. The molecule has 5 nitrogen and oxygen atoms in total. The number of benzene rings is 2. The van der Waals surface area contributed by atoms with Crippen molar-refractivity contribution in [2.75, 3.05) is 38.1 Å². The van der Waals surface area contributed by atoms with Crippen LogP contribution in [0.5, 0.6) is 0 Å². The molecule has 2 aliphatic rings. The molecule has 3 N–H and O–H groups in total. The zero-order valence-corrected chi connectivity index (χ0v) is 17.4. The van der Waals surface area contributed by atoms with E-state index in [4.69, 9.17) is 5.73 Å². The van der Waals surface area contributed by atoms with Crippen LogP contribution in [-0.2, 0) is 13.0 Å². The van der Waals surface area contributed by atoms with E-state index in [0.29, 0.717) is 17.9 Å². The molecule has 0 saturated carbocycles. The van der Waals surface area contributed by atoms with Gasteiger partial charge in [0.1, 0.15) is 0 Å². The first-order valence-corrected chi connectivity index (χ1v) is 10.8. The van der Waals surface area contributed by atoms with Crippen molar-refractivity contribution in [3.63, 3.8) is 0 Å². The van der Waals surface area contributed by atoms with Gasteiger partial charge >= 0.3 is 0 Å². The van der Waals surface area contributed by atoms with Crippen molar-refractivity contribution in [1.82, 2.24) is 10.2 Å². The van der Waals surface area contributed by atoms with Gasteiger partial charge in [-0.2, -0.15) is 0 Å². The summed E-state index contributed by atoms with van der Waals surface area (Å²) >= 11 is 0. The van der Waals surface area contributed by atoms with E-state index >= 15 is 0 Å². The van der Waals surface area contributed by atoms with Crippen molar-refractivity contribution in [2.24, 2.45) is 16.6 Å². The topological polar surface area (TPSA) is 56.9 Å². The quantitative estimate of drug-likeness (QED) is 0.608. The van der Waals surface area contributed by atoms with Gasteiger partial charge < -0.3 is 16.0 Å². The molecule has 2 aliphatic heterocycles. The smallest absolute Gasteiger partial charge is 0.188 e. The molecule has 0 spiro atoms. The number of piperidine rings is 1. The lowest BCUT2D eigenvalue weighted by atomic mass is 9.93. The SMILES string of the molecule is CN1CC(CN=C(N)NC2CCN(Cc3ccccc3)CC2)Cc2ccccc21. The van der Waals surface area contributed by atoms with E-state index in [1.165, 1.54) is 16.8 Å². The molecule has 2 heterocycles. The second kappa shape index (κ2) is 9.31. The molecule has 1 atom stereocenters. The van der Waals surface area contributed by atoms with Crippen molar-refractivity contribution in [3.05, 3.63) is 65.7 Å². The Kier molecular flexibility index (Phi) is 6.35. The maximum atomic E-state index is 6.22. The normalized spacial score (nSPS) is 21.1. The maximum absolute atomic E-state index is 6.22. The van der Waals surface area contributed by atoms with E-state index in [2.05, 4.69) is 81.8 Å². The summed E-state index contributed by atoms with van der Waals surface area (Å²) < 4.78 is 0. The molecule has 0 radical (unpaired) electrons. The van der Waals surface area contributed by atoms with Crippen molar-refractivity contribution in [3.8, 4) is 0 Å². The minimum Gasteiger partial charge on any atom is -0.374 e. The van der Waals surface area contributed by atoms with Crippen LogP contribution in [0.25, 0.3) is 0 Å². The second-order valence-corrected chi connectivity index (χ2v) is 8.49. The number of hydrogen-bond donors (Lipinski definition) is 2. The summed E-state index contributed by atoms with van der Waals surface area (Å²) in [5.74, 6) is 1.12. The Labute approximate surface area is 174 Å². The number of para-hydroxylation sites is 1. The first kappa shape index (κ1) is 19.8. The number of aliphatic imine (C=N–C) groups is 1. The largest absolute Gasteiger partial charge is 0.374 e. The van der Waals surface area contributed by atoms with Crippen LogP contribution in [0.2, 0.25) is 0 Å². The molecule has 2 aromatic carbocycles. The highest BCUT2D eigenvalue weighted by atomic mass is 15.2. The molecule has 0 aromatic heterocycles. The lowest BCUT2D eigenvalue weighted by molar-refractivity contribution is 0.199. The van der Waals surface area contributed by atoms with E-state index in [1.54, 1.807) is 0 Å². The number of hydrogen-bond acceptors (Lipinski definition) is 3. The Bertz CT molecular complexity index is 811. The summed E-state index contributed by atoms with van der Waals surface area (Å²) in [7, 11) is 2.17. The molecule has 1 unspecified atom stereocenters. The summed E-state index contributed by atoms with van der Waals surface area (Å²) in [6, 6.07) is 19.8. The predicted octanol–water partition coefficient (Wildman–Crippen LogP) is 2.86. The van der Waals surface area contributed by atoms with E-state index < -0.39 is 0 Å². The Balaban J connectivity index is 1.22. The van der Waals surface area contributed by atoms with Crippen molar-refractivity contribution in [1.29, 1.82) is 0 Å². The fourth-order valence-corrected chi connectivity index (χ4v) is 4.60. The molecule has 0 bridgehead atoms. The highest BCUT2D eigenvalue weighted by molar-refractivity contribution is 5.78.